The predicted molar refractivity (Wildman–Crippen MR) is 624 cm³/mol. The molecule has 0 saturated carbocycles. The van der Waals surface area contributed by atoms with Crippen LogP contribution in [0.25, 0.3) is 281 Å². The van der Waals surface area contributed by atoms with E-state index in [2.05, 4.69) is 517 Å². The first-order valence-corrected chi connectivity index (χ1v) is 50.7. The number of benzene rings is 24. The van der Waals surface area contributed by atoms with E-state index in [1.165, 1.54) is 135 Å². The highest BCUT2D eigenvalue weighted by molar-refractivity contribution is 6.32. The molecule has 24 aromatic carbocycles. The zero-order chi connectivity index (χ0) is 98.4. The van der Waals surface area contributed by atoms with Crippen molar-refractivity contribution in [2.45, 2.75) is 0 Å². The van der Waals surface area contributed by atoms with Gasteiger partial charge in [0.15, 0.2) is 17.5 Å². The maximum Gasteiger partial charge on any atom is 0.161 e. The summed E-state index contributed by atoms with van der Waals surface area (Å²) in [6, 6.07) is 192. The van der Waals surface area contributed by atoms with Gasteiger partial charge in [0, 0.05) is 98.8 Å². The molecule has 0 aliphatic carbocycles. The van der Waals surface area contributed by atoms with Crippen molar-refractivity contribution in [2.24, 2.45) is 0 Å². The molecule has 0 unspecified atom stereocenters. The quantitative estimate of drug-likeness (QED) is 0.114. The van der Waals surface area contributed by atoms with Crippen LogP contribution < -0.4 is 0 Å². The molecular formula is C140H89N9. The zero-order valence-corrected chi connectivity index (χ0v) is 80.9. The van der Waals surface area contributed by atoms with Crippen LogP contribution in [0.2, 0.25) is 0 Å². The highest BCUT2D eigenvalue weighted by Gasteiger charge is 2.27. The van der Waals surface area contributed by atoms with Crippen molar-refractivity contribution in [1.82, 2.24) is 43.6 Å². The molecule has 9 nitrogen and oxygen atoms in total. The Morgan fingerprint density at radius 2 is 0.369 bits per heavy atom. The van der Waals surface area contributed by atoms with Crippen LogP contribution in [-0.2, 0) is 0 Å². The molecule has 0 radical (unpaired) electrons. The second-order valence-corrected chi connectivity index (χ2v) is 38.2. The monoisotopic (exact) mass is 1900 g/mol. The lowest BCUT2D eigenvalue weighted by Crippen LogP contribution is -1.99. The fourth-order valence-corrected chi connectivity index (χ4v) is 22.6. The van der Waals surface area contributed by atoms with Gasteiger partial charge >= 0.3 is 0 Å². The van der Waals surface area contributed by atoms with Crippen LogP contribution in [0.5, 0.6) is 0 Å². The van der Waals surface area contributed by atoms with Crippen LogP contribution >= 0.6 is 0 Å². The standard InChI is InChI=1S/C48H31N3.2C46H29N3/c1-4-14-32(15-5-1)37-28-38(48-49-42(35-18-6-2-7-19-35)31-43(50-48)36-20-8-3-9-21-36)30-39(29-37)51-44-26-24-33-16-10-12-22-40(33)46(44)47-41-23-13-11-17-34(41)25-27-45(47)51;1-3-15-32(16-4-1)39-29-40(33-17-5-2-6-18-33)48-46(47-39)35-27-34-19-9-10-20-36(34)43(28-35)49-41-25-23-30-13-7-11-21-37(30)44(41)45-38-22-12-8-14-31(38)24-26-42(45)49;1-3-15-32(16-4-1)39-29-40(33-17-5-2-6-18-33)48-46(47-39)38-25-28-41(37-22-12-11-21-36(37)38)49-42-26-23-30-13-7-9-19-34(30)44(42)45-35-20-10-8-14-31(35)24-27-43(45)49/h1-31H;2*1-29H. The Balaban J connectivity index is 0.000000108. The zero-order valence-electron chi connectivity index (χ0n) is 80.9. The van der Waals surface area contributed by atoms with Crippen LogP contribution in [0.1, 0.15) is 0 Å². The second kappa shape index (κ2) is 36.8. The first-order valence-electron chi connectivity index (χ1n) is 50.7. The van der Waals surface area contributed by atoms with Gasteiger partial charge < -0.3 is 13.7 Å². The van der Waals surface area contributed by atoms with E-state index in [0.29, 0.717) is 17.5 Å². The van der Waals surface area contributed by atoms with E-state index in [1.54, 1.807) is 0 Å². The van der Waals surface area contributed by atoms with E-state index in [0.717, 1.165) is 129 Å². The largest absolute Gasteiger partial charge is 0.309 e. The molecule has 0 atom stereocenters. The normalized spacial score (nSPS) is 11.6. The Labute approximate surface area is 858 Å². The van der Waals surface area contributed by atoms with Crippen molar-refractivity contribution >= 4 is 152 Å². The minimum atomic E-state index is 0.686. The number of hydrogen-bond donors (Lipinski definition) is 0. The molecule has 6 aromatic heterocycles. The molecule has 9 heteroatoms. The van der Waals surface area contributed by atoms with E-state index >= 15 is 0 Å². The van der Waals surface area contributed by atoms with E-state index in [9.17, 15) is 0 Å². The lowest BCUT2D eigenvalue weighted by molar-refractivity contribution is 1.16. The van der Waals surface area contributed by atoms with Crippen molar-refractivity contribution in [3.63, 3.8) is 0 Å². The van der Waals surface area contributed by atoms with Crippen LogP contribution in [-0.4, -0.2) is 43.6 Å². The van der Waals surface area contributed by atoms with Gasteiger partial charge in [-0.3, -0.25) is 0 Å². The summed E-state index contributed by atoms with van der Waals surface area (Å²) in [5, 5.41) is 27.2. The number of nitrogens with zero attached hydrogens (tertiary/aromatic N) is 9. The van der Waals surface area contributed by atoms with Gasteiger partial charge in [0.05, 0.1) is 78.6 Å². The summed E-state index contributed by atoms with van der Waals surface area (Å²) in [5.41, 5.74) is 27.3. The fraction of sp³-hybridized carbons (Fsp3) is 0. The SMILES string of the molecule is c1ccc(-c2cc(-c3ccccc3)nc(-c3cc(-n4c5ccc6ccccc6c5c5c6ccccc6ccc54)c4ccccc4c3)n2)cc1.c1ccc(-c2cc(-c3ccccc3)nc(-c3ccc(-n4c5ccc6ccccc6c5c5c6ccccc6ccc54)c4ccccc34)n2)cc1.c1ccc(-c2cc(-c3nc(-c4ccccc4)cc(-c4ccccc4)n3)cc(-n3c4ccc5ccccc5c4c4c5ccccc5ccc43)c2)cc1. The third-order valence-electron chi connectivity index (χ3n) is 29.5. The van der Waals surface area contributed by atoms with Crippen LogP contribution in [0, 0.1) is 0 Å². The molecule has 0 N–H and O–H groups in total. The summed E-state index contributed by atoms with van der Waals surface area (Å²) in [6.07, 6.45) is 0. The molecule has 0 saturated heterocycles. The van der Waals surface area contributed by atoms with Crippen LogP contribution in [0.3, 0.4) is 0 Å². The van der Waals surface area contributed by atoms with Gasteiger partial charge in [-0.1, -0.05) is 443 Å². The van der Waals surface area contributed by atoms with Crippen LogP contribution in [0.15, 0.2) is 540 Å². The lowest BCUT2D eigenvalue weighted by atomic mass is 10.00. The molecular weight excluding hydrogens is 1810 g/mol. The van der Waals surface area contributed by atoms with Gasteiger partial charge in [-0.25, -0.2) is 29.9 Å². The fourth-order valence-electron chi connectivity index (χ4n) is 22.6. The van der Waals surface area contributed by atoms with Gasteiger partial charge in [-0.05, 0) is 184 Å². The smallest absolute Gasteiger partial charge is 0.161 e. The Morgan fingerprint density at radius 3 is 0.691 bits per heavy atom. The molecule has 30 rings (SSSR count). The topological polar surface area (TPSA) is 92.1 Å². The summed E-state index contributed by atoms with van der Waals surface area (Å²) < 4.78 is 7.33. The summed E-state index contributed by atoms with van der Waals surface area (Å²) >= 11 is 0. The number of rotatable bonds is 13. The molecule has 0 aliphatic rings. The van der Waals surface area contributed by atoms with E-state index < -0.39 is 0 Å². The number of fused-ring (bicyclic) bond motifs is 23. The highest BCUT2D eigenvalue weighted by Crippen LogP contribution is 2.49. The molecule has 694 valence electrons. The van der Waals surface area contributed by atoms with Crippen molar-refractivity contribution in [1.29, 1.82) is 0 Å². The van der Waals surface area contributed by atoms with E-state index in [1.807, 2.05) is 36.4 Å². The minimum Gasteiger partial charge on any atom is -0.309 e. The number of aromatic nitrogens is 9. The Hall–Kier alpha value is -20.0. The minimum absolute atomic E-state index is 0.686. The highest BCUT2D eigenvalue weighted by atomic mass is 15.0. The molecule has 0 aliphatic heterocycles. The van der Waals surface area contributed by atoms with Gasteiger partial charge in [0.1, 0.15) is 0 Å². The van der Waals surface area contributed by atoms with Gasteiger partial charge in [0.25, 0.3) is 0 Å². The summed E-state index contributed by atoms with van der Waals surface area (Å²) in [4.78, 5) is 31.3. The maximum atomic E-state index is 5.24. The predicted octanol–water partition coefficient (Wildman–Crippen LogP) is 36.6. The van der Waals surface area contributed by atoms with Gasteiger partial charge in [-0.2, -0.15) is 0 Å². The summed E-state index contributed by atoms with van der Waals surface area (Å²) in [5.74, 6) is 2.09. The average molecular weight is 1900 g/mol. The molecule has 149 heavy (non-hydrogen) atoms. The molecule has 6 heterocycles. The second-order valence-electron chi connectivity index (χ2n) is 38.2. The third kappa shape index (κ3) is 15.4. The van der Waals surface area contributed by atoms with E-state index in [4.69, 9.17) is 29.9 Å². The average Bonchev–Trinajstić information content (AvgIpc) is 1.56. The van der Waals surface area contributed by atoms with Crippen molar-refractivity contribution in [3.05, 3.63) is 540 Å². The van der Waals surface area contributed by atoms with Crippen molar-refractivity contribution < 1.29 is 0 Å². The molecule has 0 spiro atoms. The van der Waals surface area contributed by atoms with Gasteiger partial charge in [-0.15, -0.1) is 0 Å². The van der Waals surface area contributed by atoms with Gasteiger partial charge in [0.2, 0.25) is 0 Å². The molecule has 0 amide bonds. The molecule has 0 fully saturated rings. The maximum absolute atomic E-state index is 5.24. The van der Waals surface area contributed by atoms with Crippen LogP contribution in [0.4, 0.5) is 0 Å². The lowest BCUT2D eigenvalue weighted by Gasteiger charge is -2.15. The summed E-state index contributed by atoms with van der Waals surface area (Å²) in [6.45, 7) is 0. The first-order chi connectivity index (χ1) is 73.9. The first kappa shape index (κ1) is 86.8. The third-order valence-corrected chi connectivity index (χ3v) is 29.5. The van der Waals surface area contributed by atoms with Crippen molar-refractivity contribution in [3.8, 4) is 130 Å². The van der Waals surface area contributed by atoms with Crippen molar-refractivity contribution in [2.75, 3.05) is 0 Å². The Bertz CT molecular complexity index is 10100. The Kier molecular flexibility index (Phi) is 21.4. The molecule has 30 aromatic rings. The molecule has 0 bridgehead atoms. The number of hydrogen-bond acceptors (Lipinski definition) is 6. The van der Waals surface area contributed by atoms with E-state index in [-0.39, 0.29) is 0 Å². The Morgan fingerprint density at radius 1 is 0.128 bits per heavy atom. The summed E-state index contributed by atoms with van der Waals surface area (Å²) in [7, 11) is 0.